The van der Waals surface area contributed by atoms with E-state index in [-0.39, 0.29) is 27.4 Å². The van der Waals surface area contributed by atoms with Crippen molar-refractivity contribution in [2.45, 2.75) is 4.90 Å². The van der Waals surface area contributed by atoms with Gasteiger partial charge in [0.05, 0.1) is 21.1 Å². The van der Waals surface area contributed by atoms with E-state index in [9.17, 15) is 28.1 Å². The zero-order chi connectivity index (χ0) is 21.8. The Morgan fingerprint density at radius 2 is 1.70 bits per heavy atom. The van der Waals surface area contributed by atoms with Gasteiger partial charge in [-0.2, -0.15) is 0 Å². The highest BCUT2D eigenvalue weighted by molar-refractivity contribution is 7.89. The number of non-ortho nitro benzene ring substituents is 1. The Kier molecular flexibility index (Phi) is 4.40. The molecule has 30 heavy (non-hydrogen) atoms. The third-order valence-electron chi connectivity index (χ3n) is 4.94. The SMILES string of the molecule is CN(C)S(=O)(=O)c1ccc2c3c(cccc13)C(=O)N2C(=O)c1ccc([N+](=O)[O-])cc1. The minimum absolute atomic E-state index is 0.0329. The summed E-state index contributed by atoms with van der Waals surface area (Å²) in [6.45, 7) is 0. The molecule has 3 aromatic rings. The van der Waals surface area contributed by atoms with E-state index in [0.29, 0.717) is 10.8 Å². The predicted molar refractivity (Wildman–Crippen MR) is 109 cm³/mol. The fourth-order valence-corrected chi connectivity index (χ4v) is 4.52. The predicted octanol–water partition coefficient (Wildman–Crippen LogP) is 2.80. The maximum absolute atomic E-state index is 13.0. The first-order valence-corrected chi connectivity index (χ1v) is 10.2. The van der Waals surface area contributed by atoms with Crippen LogP contribution >= 0.6 is 0 Å². The second kappa shape index (κ2) is 6.71. The van der Waals surface area contributed by atoms with Gasteiger partial charge >= 0.3 is 0 Å². The summed E-state index contributed by atoms with van der Waals surface area (Å²) >= 11 is 0. The summed E-state index contributed by atoms with van der Waals surface area (Å²) in [4.78, 5) is 37.3. The Bertz CT molecular complexity index is 1350. The van der Waals surface area contributed by atoms with E-state index in [1.54, 1.807) is 12.1 Å². The summed E-state index contributed by atoms with van der Waals surface area (Å²) in [6, 6.07) is 12.4. The number of amides is 2. The van der Waals surface area contributed by atoms with Crippen LogP contribution in [0.25, 0.3) is 10.8 Å². The van der Waals surface area contributed by atoms with Gasteiger partial charge in [-0.25, -0.2) is 17.6 Å². The van der Waals surface area contributed by atoms with Crippen molar-refractivity contribution in [3.63, 3.8) is 0 Å². The largest absolute Gasteiger partial charge is 0.269 e. The van der Waals surface area contributed by atoms with Gasteiger partial charge in [0.1, 0.15) is 0 Å². The monoisotopic (exact) mass is 425 g/mol. The van der Waals surface area contributed by atoms with Crippen molar-refractivity contribution in [2.24, 2.45) is 0 Å². The Morgan fingerprint density at radius 3 is 2.30 bits per heavy atom. The van der Waals surface area contributed by atoms with Crippen molar-refractivity contribution in [3.8, 4) is 0 Å². The van der Waals surface area contributed by atoms with Gasteiger partial charge in [-0.1, -0.05) is 12.1 Å². The van der Waals surface area contributed by atoms with Crippen LogP contribution in [0.15, 0.2) is 59.5 Å². The second-order valence-electron chi connectivity index (χ2n) is 6.85. The number of hydrogen-bond acceptors (Lipinski definition) is 6. The molecule has 0 bridgehead atoms. The molecule has 0 aromatic heterocycles. The molecule has 0 N–H and O–H groups in total. The lowest BCUT2D eigenvalue weighted by Crippen LogP contribution is -2.33. The summed E-state index contributed by atoms with van der Waals surface area (Å²) in [5.74, 6) is -1.24. The summed E-state index contributed by atoms with van der Waals surface area (Å²) < 4.78 is 26.5. The minimum atomic E-state index is -3.77. The highest BCUT2D eigenvalue weighted by Crippen LogP contribution is 2.41. The minimum Gasteiger partial charge on any atom is -0.268 e. The molecule has 3 aromatic carbocycles. The molecule has 1 heterocycles. The van der Waals surface area contributed by atoms with Crippen molar-refractivity contribution < 1.29 is 22.9 Å². The molecule has 0 saturated carbocycles. The van der Waals surface area contributed by atoms with Gasteiger partial charge in [-0.05, 0) is 30.3 Å². The molecule has 10 heteroatoms. The third-order valence-corrected chi connectivity index (χ3v) is 6.81. The quantitative estimate of drug-likeness (QED) is 0.360. The van der Waals surface area contributed by atoms with Gasteiger partial charge in [0.25, 0.3) is 17.5 Å². The Morgan fingerprint density at radius 1 is 1.03 bits per heavy atom. The van der Waals surface area contributed by atoms with Crippen LogP contribution in [0.2, 0.25) is 0 Å². The molecule has 4 rings (SSSR count). The number of anilines is 1. The van der Waals surface area contributed by atoms with Crippen LogP contribution in [0.4, 0.5) is 11.4 Å². The first kappa shape index (κ1) is 19.7. The number of nitro groups is 1. The van der Waals surface area contributed by atoms with E-state index in [4.69, 9.17) is 0 Å². The molecule has 1 aliphatic heterocycles. The smallest absolute Gasteiger partial charge is 0.268 e. The lowest BCUT2D eigenvalue weighted by Gasteiger charge is -2.17. The zero-order valence-electron chi connectivity index (χ0n) is 15.9. The van der Waals surface area contributed by atoms with Gasteiger partial charge < -0.3 is 0 Å². The number of imide groups is 1. The lowest BCUT2D eigenvalue weighted by atomic mass is 10.1. The van der Waals surface area contributed by atoms with Gasteiger partial charge in [-0.15, -0.1) is 0 Å². The number of carbonyl (C=O) groups excluding carboxylic acids is 2. The molecular weight excluding hydrogens is 410 g/mol. The summed E-state index contributed by atoms with van der Waals surface area (Å²) in [5.41, 5.74) is 0.406. The Hall–Kier alpha value is -3.63. The van der Waals surface area contributed by atoms with E-state index in [0.717, 1.165) is 9.21 Å². The van der Waals surface area contributed by atoms with E-state index >= 15 is 0 Å². The van der Waals surface area contributed by atoms with Crippen molar-refractivity contribution >= 4 is 44.0 Å². The fourth-order valence-electron chi connectivity index (χ4n) is 3.43. The van der Waals surface area contributed by atoms with Crippen molar-refractivity contribution in [1.82, 2.24) is 4.31 Å². The van der Waals surface area contributed by atoms with E-state index in [2.05, 4.69) is 0 Å². The van der Waals surface area contributed by atoms with Crippen LogP contribution in [0.3, 0.4) is 0 Å². The number of benzene rings is 3. The molecule has 9 nitrogen and oxygen atoms in total. The summed E-state index contributed by atoms with van der Waals surface area (Å²) in [5, 5.41) is 11.5. The molecule has 1 aliphatic rings. The van der Waals surface area contributed by atoms with Crippen molar-refractivity contribution in [1.29, 1.82) is 0 Å². The van der Waals surface area contributed by atoms with E-state index in [1.807, 2.05) is 0 Å². The molecule has 0 fully saturated rings. The van der Waals surface area contributed by atoms with Gasteiger partial charge in [0.15, 0.2) is 0 Å². The van der Waals surface area contributed by atoms with Gasteiger partial charge in [0, 0.05) is 42.6 Å². The van der Waals surface area contributed by atoms with E-state index in [1.165, 1.54) is 56.6 Å². The molecule has 0 atom stereocenters. The molecule has 0 radical (unpaired) electrons. The maximum Gasteiger partial charge on any atom is 0.269 e. The van der Waals surface area contributed by atoms with Crippen LogP contribution in [0, 0.1) is 10.1 Å². The molecule has 0 aliphatic carbocycles. The van der Waals surface area contributed by atoms with E-state index < -0.39 is 26.8 Å². The number of rotatable bonds is 4. The molecule has 2 amide bonds. The maximum atomic E-state index is 13.0. The zero-order valence-corrected chi connectivity index (χ0v) is 16.7. The topological polar surface area (TPSA) is 118 Å². The average Bonchev–Trinajstić information content (AvgIpc) is 3.01. The Balaban J connectivity index is 1.87. The Labute approximate surface area is 171 Å². The highest BCUT2D eigenvalue weighted by atomic mass is 32.2. The van der Waals surface area contributed by atoms with Crippen LogP contribution in [-0.2, 0) is 10.0 Å². The fraction of sp³-hybridized carbons (Fsp3) is 0.100. The highest BCUT2D eigenvalue weighted by Gasteiger charge is 2.36. The van der Waals surface area contributed by atoms with Gasteiger partial charge in [-0.3, -0.25) is 19.7 Å². The van der Waals surface area contributed by atoms with Crippen LogP contribution < -0.4 is 4.90 Å². The number of nitrogens with zero attached hydrogens (tertiary/aromatic N) is 3. The van der Waals surface area contributed by atoms with Crippen LogP contribution in [0.5, 0.6) is 0 Å². The standard InChI is InChI=1S/C20H15N3O6S/c1-21(2)30(28,29)17-11-10-16-18-14(17)4-3-5-15(18)20(25)22(16)19(24)12-6-8-13(9-7-12)23(26)27/h3-11H,1-2H3. The second-order valence-corrected chi connectivity index (χ2v) is 8.97. The van der Waals surface area contributed by atoms with Crippen molar-refractivity contribution in [3.05, 3.63) is 75.8 Å². The van der Waals surface area contributed by atoms with Crippen LogP contribution in [0.1, 0.15) is 20.7 Å². The van der Waals surface area contributed by atoms with Crippen LogP contribution in [-0.4, -0.2) is 43.6 Å². The first-order valence-electron chi connectivity index (χ1n) is 8.76. The molecule has 0 saturated heterocycles. The molecule has 0 spiro atoms. The number of carbonyl (C=O) groups is 2. The number of sulfonamides is 1. The van der Waals surface area contributed by atoms with Crippen molar-refractivity contribution in [2.75, 3.05) is 19.0 Å². The number of nitro benzene ring substituents is 1. The first-order chi connectivity index (χ1) is 14.1. The number of hydrogen-bond donors (Lipinski definition) is 0. The summed E-state index contributed by atoms with van der Waals surface area (Å²) in [7, 11) is -0.953. The third kappa shape index (κ3) is 2.77. The molecule has 0 unspecified atom stereocenters. The summed E-state index contributed by atoms with van der Waals surface area (Å²) in [6.07, 6.45) is 0. The van der Waals surface area contributed by atoms with Gasteiger partial charge in [0.2, 0.25) is 10.0 Å². The molecular formula is C20H15N3O6S. The normalized spacial score (nSPS) is 13.3. The molecule has 152 valence electrons. The average molecular weight is 425 g/mol. The lowest BCUT2D eigenvalue weighted by molar-refractivity contribution is -0.384.